The summed E-state index contributed by atoms with van der Waals surface area (Å²) in [6, 6.07) is 7.93. The molecule has 0 radical (unpaired) electrons. The van der Waals surface area contributed by atoms with Crippen LogP contribution in [0.1, 0.15) is 16.1 Å². The van der Waals surface area contributed by atoms with E-state index in [1.54, 1.807) is 47.3 Å². The topological polar surface area (TPSA) is 29.1 Å². The number of benzene rings is 2. The SMILES string of the molecule is CN1/C(=c2\s/c(=C\c3scc[n+]3Cc3ccccc3C(F)(F)F)n(C)c2=O)Sc2c1ccc(F)c2F.[Cl-]. The van der Waals surface area contributed by atoms with Crippen molar-refractivity contribution in [2.75, 3.05) is 11.9 Å². The van der Waals surface area contributed by atoms with Crippen molar-refractivity contribution in [1.29, 1.82) is 0 Å². The Labute approximate surface area is 226 Å². The van der Waals surface area contributed by atoms with Crippen molar-refractivity contribution in [1.82, 2.24) is 4.57 Å². The van der Waals surface area contributed by atoms with Gasteiger partial charge in [-0.2, -0.15) is 17.7 Å². The molecule has 0 unspecified atom stereocenters. The molecule has 1 aliphatic heterocycles. The van der Waals surface area contributed by atoms with Gasteiger partial charge in [-0.3, -0.25) is 4.79 Å². The van der Waals surface area contributed by atoms with E-state index < -0.39 is 23.4 Å². The number of thioether (sulfide) groups is 1. The fraction of sp³-hybridized carbons (Fsp3) is 0.167. The second-order valence-corrected chi connectivity index (χ2v) is 10.9. The first kappa shape index (κ1) is 27.4. The number of alkyl halides is 3. The Morgan fingerprint density at radius 2 is 1.81 bits per heavy atom. The Hall–Kier alpha value is -2.67. The molecular weight excluding hydrogens is 573 g/mol. The summed E-state index contributed by atoms with van der Waals surface area (Å²) < 4.78 is 72.5. The summed E-state index contributed by atoms with van der Waals surface area (Å²) >= 11 is 3.50. The molecule has 2 aromatic carbocycles. The highest BCUT2D eigenvalue weighted by Gasteiger charge is 2.34. The summed E-state index contributed by atoms with van der Waals surface area (Å²) in [5.74, 6) is -1.92. The monoisotopic (exact) mass is 589 g/mol. The number of hydrogen-bond acceptors (Lipinski definition) is 5. The summed E-state index contributed by atoms with van der Waals surface area (Å²) in [5.41, 5.74) is -0.397. The number of aromatic nitrogens is 2. The van der Waals surface area contributed by atoms with Gasteiger partial charge in [-0.25, -0.2) is 8.78 Å². The lowest BCUT2D eigenvalue weighted by atomic mass is 10.1. The quantitative estimate of drug-likeness (QED) is 0.266. The van der Waals surface area contributed by atoms with Gasteiger partial charge in [-0.05, 0) is 18.2 Å². The average molecular weight is 590 g/mol. The molecule has 37 heavy (non-hydrogen) atoms. The van der Waals surface area contributed by atoms with Crippen molar-refractivity contribution in [3.05, 3.63) is 95.3 Å². The molecule has 4 nitrogen and oxygen atoms in total. The number of thiazole rings is 2. The van der Waals surface area contributed by atoms with E-state index in [4.69, 9.17) is 0 Å². The van der Waals surface area contributed by atoms with Crippen LogP contribution >= 0.6 is 34.4 Å². The maximum Gasteiger partial charge on any atom is 0.416 e. The highest BCUT2D eigenvalue weighted by Crippen LogP contribution is 2.47. The van der Waals surface area contributed by atoms with Crippen LogP contribution in [-0.4, -0.2) is 11.6 Å². The molecule has 3 heterocycles. The van der Waals surface area contributed by atoms with Gasteiger partial charge in [0, 0.05) is 19.7 Å². The van der Waals surface area contributed by atoms with Crippen molar-refractivity contribution >= 4 is 51.2 Å². The minimum absolute atomic E-state index is 0. The van der Waals surface area contributed by atoms with Gasteiger partial charge in [0.15, 0.2) is 24.4 Å². The summed E-state index contributed by atoms with van der Waals surface area (Å²) in [4.78, 5) is 14.9. The summed E-state index contributed by atoms with van der Waals surface area (Å²) in [7, 11) is 3.28. The van der Waals surface area contributed by atoms with E-state index >= 15 is 0 Å². The average Bonchev–Trinajstić information content (AvgIpc) is 3.49. The van der Waals surface area contributed by atoms with Crippen LogP contribution in [0.2, 0.25) is 0 Å². The molecule has 0 N–H and O–H groups in total. The maximum absolute atomic E-state index is 14.3. The van der Waals surface area contributed by atoms with Crippen LogP contribution in [0.3, 0.4) is 0 Å². The summed E-state index contributed by atoms with van der Waals surface area (Å²) in [6.07, 6.45) is -1.03. The Bertz CT molecular complexity index is 1680. The second kappa shape index (κ2) is 10.2. The van der Waals surface area contributed by atoms with Gasteiger partial charge in [0.05, 0.1) is 27.6 Å². The van der Waals surface area contributed by atoms with Crippen LogP contribution in [0.4, 0.5) is 27.6 Å². The van der Waals surface area contributed by atoms with Crippen molar-refractivity contribution in [3.8, 4) is 0 Å². The molecule has 0 saturated carbocycles. The zero-order valence-electron chi connectivity index (χ0n) is 19.1. The molecule has 0 aliphatic carbocycles. The van der Waals surface area contributed by atoms with Gasteiger partial charge in [-0.1, -0.05) is 41.3 Å². The lowest BCUT2D eigenvalue weighted by Crippen LogP contribution is -3.00. The summed E-state index contributed by atoms with van der Waals surface area (Å²) in [6.45, 7) is 0.00725. The van der Waals surface area contributed by atoms with Crippen LogP contribution < -0.4 is 36.6 Å². The number of rotatable bonds is 3. The zero-order chi connectivity index (χ0) is 25.8. The lowest BCUT2D eigenvalue weighted by Gasteiger charge is -2.12. The van der Waals surface area contributed by atoms with Crippen LogP contribution in [-0.2, 0) is 19.8 Å². The van der Waals surface area contributed by atoms with Crippen LogP contribution in [0.15, 0.2) is 57.7 Å². The molecule has 0 saturated heterocycles. The minimum atomic E-state index is -4.47. The number of anilines is 1. The molecule has 194 valence electrons. The normalized spacial score (nSPS) is 15.2. The maximum atomic E-state index is 14.3. The van der Waals surface area contributed by atoms with E-state index in [1.807, 2.05) is 0 Å². The van der Waals surface area contributed by atoms with Crippen molar-refractivity contribution in [3.63, 3.8) is 0 Å². The second-order valence-electron chi connectivity index (χ2n) is 7.98. The van der Waals surface area contributed by atoms with Gasteiger partial charge in [0.1, 0.15) is 14.2 Å². The first-order valence-electron chi connectivity index (χ1n) is 10.5. The van der Waals surface area contributed by atoms with E-state index in [1.165, 1.54) is 45.4 Å². The third-order valence-electron chi connectivity index (χ3n) is 5.75. The van der Waals surface area contributed by atoms with Crippen molar-refractivity contribution < 1.29 is 38.9 Å². The standard InChI is InChI=1S/C24H17F5N3OS3.ClH/c1-30-16-8-7-15(25)19(26)20(16)36-23(30)21-22(33)31(2)17(35-21)11-18-32(9-10-34-18)12-13-5-3-4-6-14(13)24(27,28)29;/h3-11H,12H2,1-2H3;1H/q+1;/p-1/b23-21+;. The molecule has 0 atom stereocenters. The van der Waals surface area contributed by atoms with E-state index in [0.717, 1.165) is 23.9 Å². The lowest BCUT2D eigenvalue weighted by molar-refractivity contribution is -0.685. The Morgan fingerprint density at radius 3 is 2.54 bits per heavy atom. The smallest absolute Gasteiger partial charge is 0.416 e. The van der Waals surface area contributed by atoms with Gasteiger partial charge in [0.2, 0.25) is 0 Å². The van der Waals surface area contributed by atoms with Gasteiger partial charge < -0.3 is 21.9 Å². The number of fused-ring (bicyclic) bond motifs is 1. The van der Waals surface area contributed by atoms with Crippen LogP contribution in [0.25, 0.3) is 11.1 Å². The fourth-order valence-electron chi connectivity index (χ4n) is 3.87. The van der Waals surface area contributed by atoms with E-state index in [0.29, 0.717) is 24.9 Å². The molecule has 0 spiro atoms. The van der Waals surface area contributed by atoms with Crippen LogP contribution in [0, 0.1) is 11.6 Å². The molecule has 13 heteroatoms. The largest absolute Gasteiger partial charge is 1.00 e. The number of halogens is 6. The number of nitrogens with zero attached hydrogens (tertiary/aromatic N) is 3. The van der Waals surface area contributed by atoms with Gasteiger partial charge in [-0.15, -0.1) is 11.3 Å². The van der Waals surface area contributed by atoms with Crippen molar-refractivity contribution in [2.45, 2.75) is 17.6 Å². The highest BCUT2D eigenvalue weighted by molar-refractivity contribution is 8.08. The Balaban J connectivity index is 0.00000320. The Kier molecular flexibility index (Phi) is 7.57. The first-order chi connectivity index (χ1) is 17.1. The van der Waals surface area contributed by atoms with Gasteiger partial charge in [0.25, 0.3) is 10.6 Å². The molecule has 0 bridgehead atoms. The first-order valence-corrected chi connectivity index (χ1v) is 13.0. The fourth-order valence-corrected chi connectivity index (χ4v) is 7.14. The molecule has 0 amide bonds. The Morgan fingerprint density at radius 1 is 1.08 bits per heavy atom. The molecule has 2 aromatic heterocycles. The molecule has 4 aromatic rings. The molecule has 5 rings (SSSR count). The predicted molar refractivity (Wildman–Crippen MR) is 131 cm³/mol. The van der Waals surface area contributed by atoms with Gasteiger partial charge >= 0.3 is 6.18 Å². The summed E-state index contributed by atoms with van der Waals surface area (Å²) in [5, 5.41) is 2.90. The molecular formula is C24H17ClF5N3OS3. The highest BCUT2D eigenvalue weighted by atomic mass is 35.5. The zero-order valence-corrected chi connectivity index (χ0v) is 22.4. The van der Waals surface area contributed by atoms with E-state index in [9.17, 15) is 26.7 Å². The third-order valence-corrected chi connectivity index (χ3v) is 9.16. The minimum Gasteiger partial charge on any atom is -1.00 e. The van der Waals surface area contributed by atoms with E-state index in [2.05, 4.69) is 0 Å². The van der Waals surface area contributed by atoms with Crippen LogP contribution in [0.5, 0.6) is 0 Å². The molecule has 1 aliphatic rings. The number of hydrogen-bond donors (Lipinski definition) is 0. The third kappa shape index (κ3) is 4.95. The van der Waals surface area contributed by atoms with E-state index in [-0.39, 0.29) is 35.0 Å². The molecule has 0 fully saturated rings. The predicted octanol–water partition coefficient (Wildman–Crippen LogP) is 1.28. The van der Waals surface area contributed by atoms with Crippen molar-refractivity contribution in [2.24, 2.45) is 7.05 Å².